The summed E-state index contributed by atoms with van der Waals surface area (Å²) in [4.78, 5) is 18.2. The van der Waals surface area contributed by atoms with Crippen molar-refractivity contribution in [3.63, 3.8) is 0 Å². The van der Waals surface area contributed by atoms with Gasteiger partial charge in [0.1, 0.15) is 6.04 Å². The summed E-state index contributed by atoms with van der Waals surface area (Å²) in [6.45, 7) is 4.50. The second-order valence-corrected chi connectivity index (χ2v) is 6.37. The van der Waals surface area contributed by atoms with Gasteiger partial charge in [-0.3, -0.25) is 4.79 Å². The van der Waals surface area contributed by atoms with Gasteiger partial charge in [0.25, 0.3) is 0 Å². The van der Waals surface area contributed by atoms with Gasteiger partial charge < -0.3 is 25.6 Å². The first kappa shape index (κ1) is 18.9. The van der Waals surface area contributed by atoms with Crippen molar-refractivity contribution in [3.8, 4) is 0 Å². The first-order chi connectivity index (χ1) is 12.0. The Kier molecular flexibility index (Phi) is 6.89. The van der Waals surface area contributed by atoms with Crippen LogP contribution in [0.2, 0.25) is 0 Å². The van der Waals surface area contributed by atoms with Gasteiger partial charge in [0.15, 0.2) is 0 Å². The van der Waals surface area contributed by atoms with Crippen LogP contribution in [0.5, 0.6) is 0 Å². The van der Waals surface area contributed by atoms with E-state index in [2.05, 4.69) is 41.2 Å². The van der Waals surface area contributed by atoms with E-state index in [0.29, 0.717) is 6.42 Å². The summed E-state index contributed by atoms with van der Waals surface area (Å²) in [5, 5.41) is 9.75. The highest BCUT2D eigenvalue weighted by Gasteiger charge is 2.14. The van der Waals surface area contributed by atoms with Crippen molar-refractivity contribution in [2.24, 2.45) is 5.73 Å². The minimum Gasteiger partial charge on any atom is -0.480 e. The number of benzene rings is 1. The molecule has 1 aliphatic rings. The van der Waals surface area contributed by atoms with E-state index in [1.807, 2.05) is 30.5 Å². The van der Waals surface area contributed by atoms with Gasteiger partial charge in [0.05, 0.1) is 6.67 Å². The zero-order chi connectivity index (χ0) is 18.2. The van der Waals surface area contributed by atoms with E-state index in [-0.39, 0.29) is 0 Å². The lowest BCUT2D eigenvalue weighted by Crippen LogP contribution is -2.32. The molecule has 0 fully saturated rings. The molecule has 0 saturated carbocycles. The van der Waals surface area contributed by atoms with Crippen LogP contribution in [0.3, 0.4) is 0 Å². The molecule has 1 unspecified atom stereocenters. The Bertz CT molecular complexity index is 710. The molecule has 0 spiro atoms. The molecule has 0 saturated heterocycles. The molecule has 25 heavy (non-hydrogen) atoms. The zero-order valence-corrected chi connectivity index (χ0v) is 15.0. The van der Waals surface area contributed by atoms with Crippen molar-refractivity contribution in [1.29, 1.82) is 0 Å². The summed E-state index contributed by atoms with van der Waals surface area (Å²) < 4.78 is 0. The molecular weight excluding hydrogens is 316 g/mol. The van der Waals surface area contributed by atoms with Gasteiger partial charge in [0, 0.05) is 49.5 Å². The number of unbranched alkanes of at least 4 members (excludes halogenated alkanes) is 1. The lowest BCUT2D eigenvalue weighted by molar-refractivity contribution is -0.138. The Labute approximate surface area is 148 Å². The van der Waals surface area contributed by atoms with Crippen molar-refractivity contribution in [3.05, 3.63) is 48.4 Å². The normalized spacial score (nSPS) is 14.5. The molecular formula is C19H28N4O2. The minimum absolute atomic E-state index is 0.347. The fourth-order valence-corrected chi connectivity index (χ4v) is 2.72. The van der Waals surface area contributed by atoms with Crippen molar-refractivity contribution >= 4 is 16.9 Å². The molecule has 1 aromatic carbocycles. The number of carbonyl (C=O) groups is 1. The Hall–Kier alpha value is -2.47. The molecule has 0 bridgehead atoms. The SMILES string of the molecule is CCCCN1C=CN(C)C1.NC(Cc1c[nH]c2ccccc12)C(=O)O. The van der Waals surface area contributed by atoms with Gasteiger partial charge >= 0.3 is 5.97 Å². The molecule has 0 aliphatic carbocycles. The number of aromatic amines is 1. The maximum Gasteiger partial charge on any atom is 0.320 e. The standard InChI is InChI=1S/C11H12N2O2.C8H16N2/c12-9(11(14)15)5-7-6-13-10-4-2-1-3-8(7)10;1-3-4-5-10-7-6-9(2)8-10/h1-4,6,9,13H,5,12H2,(H,14,15);6-7H,3-5,8H2,1-2H3. The number of nitrogens with two attached hydrogens (primary N) is 1. The Morgan fingerprint density at radius 1 is 1.36 bits per heavy atom. The van der Waals surface area contributed by atoms with Crippen molar-refractivity contribution in [2.45, 2.75) is 32.2 Å². The topological polar surface area (TPSA) is 85.6 Å². The van der Waals surface area contributed by atoms with Crippen LogP contribution in [-0.2, 0) is 11.2 Å². The molecule has 4 N–H and O–H groups in total. The van der Waals surface area contributed by atoms with E-state index in [9.17, 15) is 4.79 Å². The molecule has 3 rings (SSSR count). The van der Waals surface area contributed by atoms with Crippen LogP contribution in [0.15, 0.2) is 42.9 Å². The molecule has 136 valence electrons. The number of H-pyrrole nitrogens is 1. The van der Waals surface area contributed by atoms with Crippen LogP contribution in [0.1, 0.15) is 25.3 Å². The van der Waals surface area contributed by atoms with Crippen molar-refractivity contribution < 1.29 is 9.90 Å². The monoisotopic (exact) mass is 344 g/mol. The van der Waals surface area contributed by atoms with Gasteiger partial charge in [-0.05, 0) is 18.1 Å². The van der Waals surface area contributed by atoms with E-state index in [4.69, 9.17) is 10.8 Å². The smallest absolute Gasteiger partial charge is 0.320 e. The molecule has 6 nitrogen and oxygen atoms in total. The van der Waals surface area contributed by atoms with E-state index < -0.39 is 12.0 Å². The summed E-state index contributed by atoms with van der Waals surface area (Å²) in [6, 6.07) is 6.91. The Morgan fingerprint density at radius 3 is 2.76 bits per heavy atom. The van der Waals surface area contributed by atoms with Gasteiger partial charge in [-0.15, -0.1) is 0 Å². The van der Waals surface area contributed by atoms with Crippen LogP contribution in [0.25, 0.3) is 10.9 Å². The lowest BCUT2D eigenvalue weighted by Gasteiger charge is -2.17. The Morgan fingerprint density at radius 2 is 2.12 bits per heavy atom. The number of carboxylic acid groups (broad SMARTS) is 1. The molecule has 1 aromatic heterocycles. The fourth-order valence-electron chi connectivity index (χ4n) is 2.72. The van der Waals surface area contributed by atoms with Crippen LogP contribution < -0.4 is 5.73 Å². The molecule has 1 aliphatic heterocycles. The van der Waals surface area contributed by atoms with Crippen LogP contribution >= 0.6 is 0 Å². The van der Waals surface area contributed by atoms with Crippen LogP contribution in [-0.4, -0.2) is 52.2 Å². The molecule has 0 amide bonds. The summed E-state index contributed by atoms with van der Waals surface area (Å²) in [7, 11) is 2.10. The number of fused-ring (bicyclic) bond motifs is 1. The third-order valence-electron chi connectivity index (χ3n) is 4.17. The van der Waals surface area contributed by atoms with Gasteiger partial charge in [-0.2, -0.15) is 0 Å². The zero-order valence-electron chi connectivity index (χ0n) is 15.0. The third-order valence-corrected chi connectivity index (χ3v) is 4.17. The first-order valence-corrected chi connectivity index (χ1v) is 8.67. The van der Waals surface area contributed by atoms with E-state index in [1.165, 1.54) is 19.4 Å². The Balaban J connectivity index is 0.000000196. The molecule has 6 heteroatoms. The second-order valence-electron chi connectivity index (χ2n) is 6.37. The number of carboxylic acids is 1. The maximum absolute atomic E-state index is 10.6. The molecule has 2 heterocycles. The molecule has 0 radical (unpaired) electrons. The van der Waals surface area contributed by atoms with Crippen molar-refractivity contribution in [1.82, 2.24) is 14.8 Å². The number of rotatable bonds is 6. The number of hydrogen-bond acceptors (Lipinski definition) is 4. The van der Waals surface area contributed by atoms with Crippen LogP contribution in [0.4, 0.5) is 0 Å². The van der Waals surface area contributed by atoms with E-state index >= 15 is 0 Å². The lowest BCUT2D eigenvalue weighted by atomic mass is 10.1. The van der Waals surface area contributed by atoms with Crippen LogP contribution in [0, 0.1) is 0 Å². The number of hydrogen-bond donors (Lipinski definition) is 3. The quantitative estimate of drug-likeness (QED) is 0.750. The predicted octanol–water partition coefficient (Wildman–Crippen LogP) is 2.58. The highest BCUT2D eigenvalue weighted by molar-refractivity contribution is 5.84. The number of para-hydroxylation sites is 1. The van der Waals surface area contributed by atoms with Gasteiger partial charge in [-0.25, -0.2) is 0 Å². The highest BCUT2D eigenvalue weighted by Crippen LogP contribution is 2.18. The largest absolute Gasteiger partial charge is 0.480 e. The average Bonchev–Trinajstić information content (AvgIpc) is 3.20. The number of aromatic nitrogens is 1. The van der Waals surface area contributed by atoms with Crippen molar-refractivity contribution in [2.75, 3.05) is 20.3 Å². The van der Waals surface area contributed by atoms with Gasteiger partial charge in [0.2, 0.25) is 0 Å². The fraction of sp³-hybridized carbons (Fsp3) is 0.421. The number of aliphatic carboxylic acids is 1. The minimum atomic E-state index is -0.972. The highest BCUT2D eigenvalue weighted by atomic mass is 16.4. The first-order valence-electron chi connectivity index (χ1n) is 8.67. The van der Waals surface area contributed by atoms with E-state index in [1.54, 1.807) is 0 Å². The second kappa shape index (κ2) is 9.13. The number of nitrogens with zero attached hydrogens (tertiary/aromatic N) is 2. The summed E-state index contributed by atoms with van der Waals surface area (Å²) in [5.74, 6) is -0.972. The number of nitrogens with one attached hydrogen (secondary N) is 1. The van der Waals surface area contributed by atoms with E-state index in [0.717, 1.165) is 23.1 Å². The molecule has 2 aromatic rings. The van der Waals surface area contributed by atoms with Gasteiger partial charge in [-0.1, -0.05) is 31.5 Å². The summed E-state index contributed by atoms with van der Waals surface area (Å²) >= 11 is 0. The average molecular weight is 344 g/mol. The molecule has 1 atom stereocenters. The third kappa shape index (κ3) is 5.53. The maximum atomic E-state index is 10.6. The summed E-state index contributed by atoms with van der Waals surface area (Å²) in [6.07, 6.45) is 9.03. The predicted molar refractivity (Wildman–Crippen MR) is 101 cm³/mol. The summed E-state index contributed by atoms with van der Waals surface area (Å²) in [5.41, 5.74) is 7.43.